The molecule has 122 valence electrons. The molecule has 0 aromatic heterocycles. The van der Waals surface area contributed by atoms with Crippen molar-refractivity contribution < 1.29 is 14.2 Å². The Morgan fingerprint density at radius 2 is 1.52 bits per heavy atom. The summed E-state index contributed by atoms with van der Waals surface area (Å²) < 4.78 is 16.6. The lowest BCUT2D eigenvalue weighted by molar-refractivity contribution is 0.390. The minimum absolute atomic E-state index is 0.449. The lowest BCUT2D eigenvalue weighted by Gasteiger charge is -2.14. The number of hydrogen-bond acceptors (Lipinski definition) is 4. The van der Waals surface area contributed by atoms with Crippen LogP contribution in [0.2, 0.25) is 0 Å². The first-order valence-electron chi connectivity index (χ1n) is 6.71. The predicted molar refractivity (Wildman–Crippen MR) is 100 cm³/mol. The van der Waals surface area contributed by atoms with E-state index in [0.29, 0.717) is 16.6 Å². The van der Waals surface area contributed by atoms with E-state index in [1.165, 1.54) is 0 Å². The van der Waals surface area contributed by atoms with Gasteiger partial charge in [-0.2, -0.15) is 0 Å². The third kappa shape index (κ3) is 4.49. The third-order valence-electron chi connectivity index (χ3n) is 3.03. The smallest absolute Gasteiger partial charge is 0.175 e. The van der Waals surface area contributed by atoms with Gasteiger partial charge in [0.25, 0.3) is 0 Å². The number of thiocarbonyl (C=S) groups is 1. The predicted octanol–water partition coefficient (Wildman–Crippen LogP) is 4.28. The standard InChI is InChI=1S/C16H17BrN2O3S/c1-20-12-6-4-5-10(7-12)18-16(23)19-11-8-13(21-2)15(17)14(9-11)22-3/h4-9H,1-3H3,(H2,18,19,23). The van der Waals surface area contributed by atoms with Gasteiger partial charge in [0.05, 0.1) is 21.3 Å². The summed E-state index contributed by atoms with van der Waals surface area (Å²) >= 11 is 8.76. The Balaban J connectivity index is 2.13. The summed E-state index contributed by atoms with van der Waals surface area (Å²) in [6, 6.07) is 11.2. The van der Waals surface area contributed by atoms with Crippen molar-refractivity contribution in [2.75, 3.05) is 32.0 Å². The maximum absolute atomic E-state index is 5.33. The van der Waals surface area contributed by atoms with Gasteiger partial charge < -0.3 is 24.8 Å². The molecule has 2 rings (SSSR count). The molecule has 2 aromatic carbocycles. The normalized spacial score (nSPS) is 9.91. The highest BCUT2D eigenvalue weighted by molar-refractivity contribution is 9.10. The van der Waals surface area contributed by atoms with Crippen molar-refractivity contribution in [2.45, 2.75) is 0 Å². The van der Waals surface area contributed by atoms with Gasteiger partial charge in [-0.05, 0) is 40.3 Å². The van der Waals surface area contributed by atoms with Crippen molar-refractivity contribution in [3.05, 3.63) is 40.9 Å². The molecule has 0 aliphatic carbocycles. The van der Waals surface area contributed by atoms with Crippen LogP contribution < -0.4 is 24.8 Å². The zero-order valence-corrected chi connectivity index (χ0v) is 15.4. The molecule has 0 fully saturated rings. The van der Waals surface area contributed by atoms with Crippen LogP contribution >= 0.6 is 28.1 Å². The van der Waals surface area contributed by atoms with Crippen LogP contribution in [0.4, 0.5) is 11.4 Å². The maximum atomic E-state index is 5.33. The molecule has 0 amide bonds. The number of benzene rings is 2. The van der Waals surface area contributed by atoms with E-state index in [1.54, 1.807) is 21.3 Å². The first-order valence-corrected chi connectivity index (χ1v) is 7.91. The monoisotopic (exact) mass is 396 g/mol. The molecule has 5 nitrogen and oxygen atoms in total. The van der Waals surface area contributed by atoms with Gasteiger partial charge in [0.15, 0.2) is 5.11 Å². The van der Waals surface area contributed by atoms with Crippen molar-refractivity contribution in [2.24, 2.45) is 0 Å². The third-order valence-corrected chi connectivity index (χ3v) is 4.02. The molecule has 0 atom stereocenters. The summed E-state index contributed by atoms with van der Waals surface area (Å²) in [5.74, 6) is 2.05. The highest BCUT2D eigenvalue weighted by Gasteiger charge is 2.10. The fraction of sp³-hybridized carbons (Fsp3) is 0.188. The molecule has 0 spiro atoms. The molecule has 0 radical (unpaired) electrons. The van der Waals surface area contributed by atoms with Gasteiger partial charge in [0.2, 0.25) is 0 Å². The van der Waals surface area contributed by atoms with Crippen LogP contribution in [0.1, 0.15) is 0 Å². The number of anilines is 2. The number of rotatable bonds is 5. The lowest BCUT2D eigenvalue weighted by Crippen LogP contribution is -2.19. The van der Waals surface area contributed by atoms with Crippen molar-refractivity contribution in [3.63, 3.8) is 0 Å². The SMILES string of the molecule is COc1cccc(NC(=S)Nc2cc(OC)c(Br)c(OC)c2)c1. The molecule has 0 unspecified atom stereocenters. The maximum Gasteiger partial charge on any atom is 0.175 e. The molecule has 0 heterocycles. The van der Waals surface area contributed by atoms with Crippen molar-refractivity contribution in [3.8, 4) is 17.2 Å². The highest BCUT2D eigenvalue weighted by Crippen LogP contribution is 2.37. The molecular formula is C16H17BrN2O3S. The summed E-state index contributed by atoms with van der Waals surface area (Å²) in [6.45, 7) is 0. The number of hydrogen-bond donors (Lipinski definition) is 2. The molecule has 0 aliphatic rings. The molecule has 0 saturated carbocycles. The number of ether oxygens (including phenoxy) is 3. The van der Waals surface area contributed by atoms with E-state index in [9.17, 15) is 0 Å². The summed E-state index contributed by atoms with van der Waals surface area (Å²) in [6.07, 6.45) is 0. The molecule has 0 saturated heterocycles. The Morgan fingerprint density at radius 1 is 0.913 bits per heavy atom. The van der Waals surface area contributed by atoms with Crippen LogP contribution in [0.3, 0.4) is 0 Å². The molecule has 2 N–H and O–H groups in total. The zero-order valence-electron chi connectivity index (χ0n) is 13.0. The van der Waals surface area contributed by atoms with Crippen molar-refractivity contribution in [1.82, 2.24) is 0 Å². The summed E-state index contributed by atoms with van der Waals surface area (Å²) in [7, 11) is 4.81. The van der Waals surface area contributed by atoms with Crippen LogP contribution in [0.25, 0.3) is 0 Å². The second-order valence-corrected chi connectivity index (χ2v) is 5.71. The highest BCUT2D eigenvalue weighted by atomic mass is 79.9. The Kier molecular flexibility index (Phi) is 6.06. The minimum Gasteiger partial charge on any atom is -0.497 e. The second kappa shape index (κ2) is 8.03. The number of nitrogens with one attached hydrogen (secondary N) is 2. The van der Waals surface area contributed by atoms with Gasteiger partial charge in [-0.15, -0.1) is 0 Å². The second-order valence-electron chi connectivity index (χ2n) is 4.51. The Morgan fingerprint density at radius 3 is 2.09 bits per heavy atom. The summed E-state index contributed by atoms with van der Waals surface area (Å²) in [4.78, 5) is 0. The quantitative estimate of drug-likeness (QED) is 0.735. The summed E-state index contributed by atoms with van der Waals surface area (Å²) in [5, 5.41) is 6.65. The minimum atomic E-state index is 0.449. The fourth-order valence-electron chi connectivity index (χ4n) is 1.94. The lowest BCUT2D eigenvalue weighted by atomic mass is 10.2. The molecule has 23 heavy (non-hydrogen) atoms. The van der Waals surface area contributed by atoms with Gasteiger partial charge in [-0.25, -0.2) is 0 Å². The summed E-state index contributed by atoms with van der Waals surface area (Å²) in [5.41, 5.74) is 1.58. The zero-order chi connectivity index (χ0) is 16.8. The van der Waals surface area contributed by atoms with Gasteiger partial charge >= 0.3 is 0 Å². The first-order chi connectivity index (χ1) is 11.1. The van der Waals surface area contributed by atoms with Crippen molar-refractivity contribution >= 4 is 44.6 Å². The Hall–Kier alpha value is -1.99. The van der Waals surface area contributed by atoms with Gasteiger partial charge in [0, 0.05) is 29.6 Å². The Labute approximate surface area is 149 Å². The van der Waals surface area contributed by atoms with Crippen molar-refractivity contribution in [1.29, 1.82) is 0 Å². The van der Waals surface area contributed by atoms with Crippen LogP contribution in [0, 0.1) is 0 Å². The van der Waals surface area contributed by atoms with Crippen LogP contribution in [-0.2, 0) is 0 Å². The van der Waals surface area contributed by atoms with E-state index < -0.39 is 0 Å². The number of halogens is 1. The average molecular weight is 397 g/mol. The molecule has 0 aliphatic heterocycles. The van der Waals surface area contributed by atoms with E-state index >= 15 is 0 Å². The molecule has 7 heteroatoms. The van der Waals surface area contributed by atoms with E-state index in [2.05, 4.69) is 26.6 Å². The molecule has 2 aromatic rings. The van der Waals surface area contributed by atoms with E-state index in [4.69, 9.17) is 26.4 Å². The molecular weight excluding hydrogens is 380 g/mol. The average Bonchev–Trinajstić information content (AvgIpc) is 2.56. The van der Waals surface area contributed by atoms with E-state index in [1.807, 2.05) is 36.4 Å². The van der Waals surface area contributed by atoms with Crippen LogP contribution in [0.15, 0.2) is 40.9 Å². The van der Waals surface area contributed by atoms with Gasteiger partial charge in [-0.3, -0.25) is 0 Å². The van der Waals surface area contributed by atoms with Crippen LogP contribution in [0.5, 0.6) is 17.2 Å². The van der Waals surface area contributed by atoms with Gasteiger partial charge in [-0.1, -0.05) is 6.07 Å². The fourth-order valence-corrected chi connectivity index (χ4v) is 2.72. The van der Waals surface area contributed by atoms with E-state index in [0.717, 1.165) is 21.6 Å². The topological polar surface area (TPSA) is 51.8 Å². The Bertz CT molecular complexity index is 684. The largest absolute Gasteiger partial charge is 0.497 e. The number of methoxy groups -OCH3 is 3. The first kappa shape index (κ1) is 17.4. The van der Waals surface area contributed by atoms with Crippen LogP contribution in [-0.4, -0.2) is 26.4 Å². The van der Waals surface area contributed by atoms with Gasteiger partial charge in [0.1, 0.15) is 21.7 Å². The molecule has 0 bridgehead atoms. The van der Waals surface area contributed by atoms with E-state index in [-0.39, 0.29) is 0 Å².